The Morgan fingerprint density at radius 3 is 2.15 bits per heavy atom. The number of carbonyl (C=O) groups is 1. The molecule has 1 aliphatic heterocycles. The summed E-state index contributed by atoms with van der Waals surface area (Å²) in [6, 6.07) is 0. The van der Waals surface area contributed by atoms with Crippen LogP contribution in [0.25, 0.3) is 0 Å². The predicted molar refractivity (Wildman–Crippen MR) is 74.3 cm³/mol. The molecular formula is C16H24O4. The Bertz CT molecular complexity index is 396. The van der Waals surface area contributed by atoms with Gasteiger partial charge >= 0.3 is 5.97 Å². The van der Waals surface area contributed by atoms with Gasteiger partial charge in [0.05, 0.1) is 18.6 Å². The van der Waals surface area contributed by atoms with Gasteiger partial charge in [-0.05, 0) is 50.9 Å². The van der Waals surface area contributed by atoms with Gasteiger partial charge in [-0.25, -0.2) is 0 Å². The van der Waals surface area contributed by atoms with Gasteiger partial charge in [-0.1, -0.05) is 12.2 Å². The lowest BCUT2D eigenvalue weighted by molar-refractivity contribution is -0.157. The molecule has 0 aromatic heterocycles. The maximum atomic E-state index is 11.4. The molecule has 0 radical (unpaired) electrons. The van der Waals surface area contributed by atoms with Crippen LogP contribution >= 0.6 is 0 Å². The van der Waals surface area contributed by atoms with Crippen LogP contribution in [-0.4, -0.2) is 30.1 Å². The van der Waals surface area contributed by atoms with Gasteiger partial charge in [0.2, 0.25) is 0 Å². The highest BCUT2D eigenvalue weighted by Crippen LogP contribution is 2.57. The molecule has 4 aliphatic rings. The molecule has 1 saturated heterocycles. The third-order valence-electron chi connectivity index (χ3n) is 5.62. The smallest absolute Gasteiger partial charge is 0.309 e. The molecule has 4 fully saturated rings. The highest BCUT2D eigenvalue weighted by atomic mass is 16.7. The van der Waals surface area contributed by atoms with Gasteiger partial charge in [-0.3, -0.25) is 4.79 Å². The Morgan fingerprint density at radius 2 is 1.65 bits per heavy atom. The van der Waals surface area contributed by atoms with Gasteiger partial charge in [-0.2, -0.15) is 0 Å². The first kappa shape index (κ1) is 14.1. The highest BCUT2D eigenvalue weighted by molar-refractivity contribution is 5.75. The maximum absolute atomic E-state index is 11.4. The SMILES string of the molecule is CC1(C/C=C/C23CCC(C(=O)O)(CC2)CC3)OCCO1. The molecule has 4 rings (SSSR count). The van der Waals surface area contributed by atoms with E-state index in [9.17, 15) is 9.90 Å². The molecule has 4 nitrogen and oxygen atoms in total. The van der Waals surface area contributed by atoms with Crippen LogP contribution in [0.15, 0.2) is 12.2 Å². The van der Waals surface area contributed by atoms with Gasteiger partial charge in [0.15, 0.2) is 5.79 Å². The molecule has 1 heterocycles. The van der Waals surface area contributed by atoms with Gasteiger partial charge in [0, 0.05) is 6.42 Å². The third kappa shape index (κ3) is 2.40. The second-order valence-electron chi connectivity index (χ2n) is 6.89. The molecule has 1 N–H and O–H groups in total. The van der Waals surface area contributed by atoms with Crippen LogP contribution in [-0.2, 0) is 14.3 Å². The van der Waals surface area contributed by atoms with E-state index in [2.05, 4.69) is 12.2 Å². The number of allylic oxidation sites excluding steroid dienone is 1. The topological polar surface area (TPSA) is 55.8 Å². The minimum atomic E-state index is -0.588. The Balaban J connectivity index is 1.60. The molecule has 0 amide bonds. The van der Waals surface area contributed by atoms with Crippen molar-refractivity contribution < 1.29 is 19.4 Å². The van der Waals surface area contributed by atoms with Crippen molar-refractivity contribution >= 4 is 5.97 Å². The molecular weight excluding hydrogens is 256 g/mol. The van der Waals surface area contributed by atoms with E-state index in [4.69, 9.17) is 9.47 Å². The van der Waals surface area contributed by atoms with E-state index in [1.165, 1.54) is 0 Å². The largest absolute Gasteiger partial charge is 0.481 e. The van der Waals surface area contributed by atoms with Gasteiger partial charge in [0.25, 0.3) is 0 Å². The number of carboxylic acid groups (broad SMARTS) is 1. The van der Waals surface area contributed by atoms with Crippen LogP contribution in [0.5, 0.6) is 0 Å². The molecule has 3 saturated carbocycles. The Labute approximate surface area is 120 Å². The summed E-state index contributed by atoms with van der Waals surface area (Å²) in [7, 11) is 0. The first-order valence-electron chi connectivity index (χ1n) is 7.67. The van der Waals surface area contributed by atoms with Crippen LogP contribution in [0.1, 0.15) is 51.9 Å². The Kier molecular flexibility index (Phi) is 3.41. The fourth-order valence-corrected chi connectivity index (χ4v) is 3.98. The van der Waals surface area contributed by atoms with Crippen molar-refractivity contribution in [1.29, 1.82) is 0 Å². The highest BCUT2D eigenvalue weighted by Gasteiger charge is 2.51. The van der Waals surface area contributed by atoms with Crippen molar-refractivity contribution in [3.63, 3.8) is 0 Å². The van der Waals surface area contributed by atoms with Gasteiger partial charge < -0.3 is 14.6 Å². The molecule has 4 heteroatoms. The first-order valence-corrected chi connectivity index (χ1v) is 7.67. The summed E-state index contributed by atoms with van der Waals surface area (Å²) in [5.41, 5.74) is -0.189. The summed E-state index contributed by atoms with van der Waals surface area (Å²) < 4.78 is 11.2. The van der Waals surface area contributed by atoms with Crippen LogP contribution in [0.3, 0.4) is 0 Å². The van der Waals surface area contributed by atoms with E-state index in [-0.39, 0.29) is 5.41 Å². The van der Waals surface area contributed by atoms with Crippen LogP contribution < -0.4 is 0 Å². The molecule has 2 bridgehead atoms. The summed E-state index contributed by atoms with van der Waals surface area (Å²) in [5, 5.41) is 9.40. The van der Waals surface area contributed by atoms with E-state index >= 15 is 0 Å². The number of hydrogen-bond donors (Lipinski definition) is 1. The van der Waals surface area contributed by atoms with Crippen molar-refractivity contribution in [2.75, 3.05) is 13.2 Å². The molecule has 112 valence electrons. The lowest BCUT2D eigenvalue weighted by Crippen LogP contribution is -2.45. The van der Waals surface area contributed by atoms with E-state index in [0.29, 0.717) is 13.2 Å². The van der Waals surface area contributed by atoms with Crippen molar-refractivity contribution in [2.45, 2.75) is 57.7 Å². The summed E-state index contributed by atoms with van der Waals surface area (Å²) in [4.78, 5) is 11.4. The minimum absolute atomic E-state index is 0.228. The number of carboxylic acids is 1. The number of aliphatic carboxylic acids is 1. The van der Waals surface area contributed by atoms with E-state index < -0.39 is 17.2 Å². The zero-order valence-corrected chi connectivity index (χ0v) is 12.2. The Morgan fingerprint density at radius 1 is 1.10 bits per heavy atom. The second-order valence-corrected chi connectivity index (χ2v) is 6.89. The standard InChI is InChI=1S/C16H24O4/c1-14(19-11-12-20-14)3-2-4-15-5-8-16(9-6-15,10-7-15)13(17)18/h2,4H,3,5-12H2,1H3,(H,17,18)/b4-2+. The molecule has 0 spiro atoms. The fourth-order valence-electron chi connectivity index (χ4n) is 3.98. The number of ether oxygens (including phenoxy) is 2. The first-order chi connectivity index (χ1) is 9.48. The predicted octanol–water partition coefficient (Wildman–Crippen LogP) is 3.12. The monoisotopic (exact) mass is 280 g/mol. The van der Waals surface area contributed by atoms with Crippen molar-refractivity contribution in [1.82, 2.24) is 0 Å². The molecule has 0 unspecified atom stereocenters. The Hall–Kier alpha value is -0.870. The van der Waals surface area contributed by atoms with Crippen molar-refractivity contribution in [3.05, 3.63) is 12.2 Å². The number of fused-ring (bicyclic) bond motifs is 3. The second kappa shape index (κ2) is 4.85. The quantitative estimate of drug-likeness (QED) is 0.804. The molecule has 0 aromatic rings. The average Bonchev–Trinajstić information content (AvgIpc) is 2.87. The lowest BCUT2D eigenvalue weighted by Gasteiger charge is -2.50. The maximum Gasteiger partial charge on any atom is 0.309 e. The number of hydrogen-bond acceptors (Lipinski definition) is 3. The molecule has 0 aromatic carbocycles. The minimum Gasteiger partial charge on any atom is -0.481 e. The van der Waals surface area contributed by atoms with Crippen LogP contribution in [0.2, 0.25) is 0 Å². The van der Waals surface area contributed by atoms with E-state index in [1.54, 1.807) is 0 Å². The summed E-state index contributed by atoms with van der Waals surface area (Å²) >= 11 is 0. The summed E-state index contributed by atoms with van der Waals surface area (Å²) in [5.74, 6) is -1.04. The van der Waals surface area contributed by atoms with Crippen LogP contribution in [0, 0.1) is 10.8 Å². The molecule has 0 atom stereocenters. The van der Waals surface area contributed by atoms with Gasteiger partial charge in [-0.15, -0.1) is 0 Å². The van der Waals surface area contributed by atoms with Crippen molar-refractivity contribution in [3.8, 4) is 0 Å². The number of rotatable bonds is 4. The van der Waals surface area contributed by atoms with Crippen molar-refractivity contribution in [2.24, 2.45) is 10.8 Å². The zero-order valence-electron chi connectivity index (χ0n) is 12.2. The normalized spacial score (nSPS) is 39.5. The van der Waals surface area contributed by atoms with E-state index in [1.807, 2.05) is 6.92 Å². The zero-order chi connectivity index (χ0) is 14.3. The average molecular weight is 280 g/mol. The van der Waals surface area contributed by atoms with Crippen LogP contribution in [0.4, 0.5) is 0 Å². The third-order valence-corrected chi connectivity index (χ3v) is 5.62. The van der Waals surface area contributed by atoms with Gasteiger partial charge in [0.1, 0.15) is 0 Å². The summed E-state index contributed by atoms with van der Waals surface area (Å²) in [6.07, 6.45) is 10.8. The van der Waals surface area contributed by atoms with E-state index in [0.717, 1.165) is 44.9 Å². The fraction of sp³-hybridized carbons (Fsp3) is 0.812. The molecule has 3 aliphatic carbocycles. The molecule has 20 heavy (non-hydrogen) atoms. The lowest BCUT2D eigenvalue weighted by atomic mass is 9.53. The summed E-state index contributed by atoms with van der Waals surface area (Å²) in [6.45, 7) is 3.34.